The molecule has 0 aliphatic carbocycles. The lowest BCUT2D eigenvalue weighted by atomic mass is 10.1. The molecule has 10 heteroatoms. The molecule has 1 heterocycles. The van der Waals surface area contributed by atoms with E-state index in [1.54, 1.807) is 72.8 Å². The van der Waals surface area contributed by atoms with Gasteiger partial charge in [-0.05, 0) is 61.0 Å². The number of amides is 1. The third-order valence-corrected chi connectivity index (χ3v) is 6.99. The van der Waals surface area contributed by atoms with E-state index in [0.29, 0.717) is 37.9 Å². The van der Waals surface area contributed by atoms with Crippen LogP contribution in [0.25, 0.3) is 6.08 Å². The number of aromatic hydroxyl groups is 1. The second-order valence-electron chi connectivity index (χ2n) is 7.76. The minimum atomic E-state index is -0.339. The monoisotopic (exact) mass is 552 g/mol. The van der Waals surface area contributed by atoms with Gasteiger partial charge in [0.05, 0.1) is 27.7 Å². The molecule has 1 aromatic heterocycles. The molecule has 0 atom stereocenters. The molecule has 3 N–H and O–H groups in total. The summed E-state index contributed by atoms with van der Waals surface area (Å²) >= 11 is 13.5. The van der Waals surface area contributed by atoms with Crippen molar-refractivity contribution in [2.45, 2.75) is 6.92 Å². The van der Waals surface area contributed by atoms with Crippen molar-refractivity contribution in [3.63, 3.8) is 0 Å². The second kappa shape index (κ2) is 11.9. The van der Waals surface area contributed by atoms with Crippen molar-refractivity contribution < 1.29 is 14.6 Å². The predicted molar refractivity (Wildman–Crippen MR) is 151 cm³/mol. The van der Waals surface area contributed by atoms with Gasteiger partial charge in [-0.15, -0.1) is 0 Å². The molecule has 0 saturated carbocycles. The van der Waals surface area contributed by atoms with Crippen LogP contribution < -0.4 is 15.5 Å². The van der Waals surface area contributed by atoms with Crippen LogP contribution in [0.4, 0.5) is 10.8 Å². The molecule has 0 aliphatic heterocycles. The van der Waals surface area contributed by atoms with E-state index in [4.69, 9.17) is 27.9 Å². The highest BCUT2D eigenvalue weighted by Crippen LogP contribution is 2.31. The highest BCUT2D eigenvalue weighted by atomic mass is 35.5. The van der Waals surface area contributed by atoms with E-state index >= 15 is 0 Å². The van der Waals surface area contributed by atoms with Crippen molar-refractivity contribution in [3.8, 4) is 11.5 Å². The van der Waals surface area contributed by atoms with Gasteiger partial charge < -0.3 is 15.2 Å². The first-order valence-electron chi connectivity index (χ1n) is 11.0. The molecule has 188 valence electrons. The summed E-state index contributed by atoms with van der Waals surface area (Å²) in [6.45, 7) is 1.86. The van der Waals surface area contributed by atoms with Crippen LogP contribution in [0.2, 0.25) is 10.0 Å². The number of aromatic nitrogens is 1. The van der Waals surface area contributed by atoms with Crippen LogP contribution in [-0.2, 0) is 0 Å². The summed E-state index contributed by atoms with van der Waals surface area (Å²) in [6.07, 6.45) is 3.57. The fraction of sp³-hybridized carbons (Fsp3) is 0.0741. The number of phenols is 1. The van der Waals surface area contributed by atoms with Crippen molar-refractivity contribution in [2.75, 3.05) is 12.4 Å². The van der Waals surface area contributed by atoms with Crippen LogP contribution in [0.5, 0.6) is 11.5 Å². The lowest BCUT2D eigenvalue weighted by Gasteiger charge is -2.05. The second-order valence-corrected chi connectivity index (χ2v) is 9.57. The Bertz CT molecular complexity index is 1490. The Balaban J connectivity index is 1.66. The maximum absolute atomic E-state index is 12.6. The third-order valence-electron chi connectivity index (χ3n) is 5.15. The number of carbonyl (C=O) groups is 1. The van der Waals surface area contributed by atoms with Gasteiger partial charge in [-0.3, -0.25) is 4.79 Å². The predicted octanol–water partition coefficient (Wildman–Crippen LogP) is 7.06. The first kappa shape index (κ1) is 26.2. The number of anilines is 2. The summed E-state index contributed by atoms with van der Waals surface area (Å²) < 4.78 is 5.19. The van der Waals surface area contributed by atoms with E-state index in [2.05, 4.69) is 20.8 Å². The van der Waals surface area contributed by atoms with Gasteiger partial charge in [0, 0.05) is 11.3 Å². The Morgan fingerprint density at radius 1 is 1.08 bits per heavy atom. The van der Waals surface area contributed by atoms with E-state index in [1.807, 2.05) is 13.0 Å². The topological polar surface area (TPSA) is 95.8 Å². The molecule has 4 aromatic rings. The van der Waals surface area contributed by atoms with Crippen molar-refractivity contribution in [2.24, 2.45) is 5.10 Å². The summed E-state index contributed by atoms with van der Waals surface area (Å²) in [5.74, 6) is 0.0502. The standard InChI is InChI=1S/C27H22Cl2N4O3S/c1-16-25(37-27(30-16)31-19-10-11-20(28)21(29)15-19)22(32-33-26(35)18-6-4-3-5-7-18)12-8-17-9-13-23(34)24(14-17)36-2/h3-15,34H,1-2H3,(H,30,31)(H,33,35)/b12-8-,32-22+. The zero-order chi connectivity index (χ0) is 26.4. The number of halogens is 2. The number of methoxy groups -OCH3 is 1. The van der Waals surface area contributed by atoms with E-state index in [9.17, 15) is 9.90 Å². The van der Waals surface area contributed by atoms with Crippen LogP contribution in [0.3, 0.4) is 0 Å². The molecule has 7 nitrogen and oxygen atoms in total. The van der Waals surface area contributed by atoms with E-state index in [1.165, 1.54) is 18.4 Å². The number of hydrogen-bond acceptors (Lipinski definition) is 7. The van der Waals surface area contributed by atoms with Crippen molar-refractivity contribution >= 4 is 63.1 Å². The van der Waals surface area contributed by atoms with Gasteiger partial charge in [-0.25, -0.2) is 10.4 Å². The molecule has 0 saturated heterocycles. The van der Waals surface area contributed by atoms with Gasteiger partial charge in [-0.2, -0.15) is 5.10 Å². The molecule has 0 spiro atoms. The van der Waals surface area contributed by atoms with Crippen molar-refractivity contribution in [1.82, 2.24) is 10.4 Å². The lowest BCUT2D eigenvalue weighted by Crippen LogP contribution is -2.19. The van der Waals surface area contributed by atoms with Gasteiger partial charge >= 0.3 is 0 Å². The molecule has 37 heavy (non-hydrogen) atoms. The van der Waals surface area contributed by atoms with E-state index in [-0.39, 0.29) is 11.7 Å². The summed E-state index contributed by atoms with van der Waals surface area (Å²) in [7, 11) is 1.48. The number of rotatable bonds is 8. The highest BCUT2D eigenvalue weighted by molar-refractivity contribution is 7.17. The summed E-state index contributed by atoms with van der Waals surface area (Å²) in [6, 6.07) is 19.0. The average molecular weight is 553 g/mol. The first-order valence-corrected chi connectivity index (χ1v) is 12.6. The van der Waals surface area contributed by atoms with Gasteiger partial charge in [0.2, 0.25) is 0 Å². The quantitative estimate of drug-likeness (QED) is 0.160. The molecular formula is C27H22Cl2N4O3S. The Morgan fingerprint density at radius 2 is 1.86 bits per heavy atom. The van der Waals surface area contributed by atoms with Crippen molar-refractivity contribution in [3.05, 3.63) is 105 Å². The third kappa shape index (κ3) is 6.68. The Labute approximate surface area is 228 Å². The fourth-order valence-corrected chi connectivity index (χ4v) is 4.54. The van der Waals surface area contributed by atoms with Gasteiger partial charge in [-0.1, -0.05) is 64.9 Å². The number of nitrogens with zero attached hydrogens (tertiary/aromatic N) is 2. The molecule has 1 amide bonds. The molecular weight excluding hydrogens is 531 g/mol. The van der Waals surface area contributed by atoms with Gasteiger partial charge in [0.1, 0.15) is 5.71 Å². The zero-order valence-corrected chi connectivity index (χ0v) is 22.2. The number of carbonyl (C=O) groups excluding carboxylic acids is 1. The summed E-state index contributed by atoms with van der Waals surface area (Å²) in [5.41, 5.74) is 5.83. The molecule has 4 rings (SSSR count). The van der Waals surface area contributed by atoms with E-state index < -0.39 is 0 Å². The molecule has 0 unspecified atom stereocenters. The molecule has 0 bridgehead atoms. The Hall–Kier alpha value is -3.85. The maximum atomic E-state index is 12.6. The number of aryl methyl sites for hydroxylation is 1. The number of hydrogen-bond donors (Lipinski definition) is 3. The summed E-state index contributed by atoms with van der Waals surface area (Å²) in [5, 5.41) is 19.0. The average Bonchev–Trinajstić information content (AvgIpc) is 3.26. The van der Waals surface area contributed by atoms with Crippen LogP contribution in [0.1, 0.15) is 26.5 Å². The number of nitrogens with one attached hydrogen (secondary N) is 2. The largest absolute Gasteiger partial charge is 0.504 e. The summed E-state index contributed by atoms with van der Waals surface area (Å²) in [4.78, 5) is 18.0. The Kier molecular flexibility index (Phi) is 8.45. The number of hydrazone groups is 1. The number of phenolic OH excluding ortho intramolecular Hbond substituents is 1. The van der Waals surface area contributed by atoms with Crippen LogP contribution in [-0.4, -0.2) is 28.8 Å². The van der Waals surface area contributed by atoms with E-state index in [0.717, 1.165) is 16.1 Å². The number of benzene rings is 3. The minimum Gasteiger partial charge on any atom is -0.504 e. The lowest BCUT2D eigenvalue weighted by molar-refractivity contribution is 0.0955. The van der Waals surface area contributed by atoms with Crippen LogP contribution >= 0.6 is 34.5 Å². The SMILES string of the molecule is COc1cc(/C=C\C(=N/NC(=O)c2ccccc2)c2sc(Nc3ccc(Cl)c(Cl)c3)nc2C)ccc1O. The van der Waals surface area contributed by atoms with Gasteiger partial charge in [0.15, 0.2) is 16.6 Å². The normalized spacial score (nSPS) is 11.5. The first-order chi connectivity index (χ1) is 17.8. The maximum Gasteiger partial charge on any atom is 0.271 e. The molecule has 0 fully saturated rings. The minimum absolute atomic E-state index is 0.0417. The molecule has 0 radical (unpaired) electrons. The highest BCUT2D eigenvalue weighted by Gasteiger charge is 2.14. The molecule has 0 aliphatic rings. The number of ether oxygens (including phenoxy) is 1. The molecule has 3 aromatic carbocycles. The zero-order valence-electron chi connectivity index (χ0n) is 19.8. The van der Waals surface area contributed by atoms with Crippen LogP contribution in [0, 0.1) is 6.92 Å². The van der Waals surface area contributed by atoms with Crippen LogP contribution in [0.15, 0.2) is 77.9 Å². The number of thiazole rings is 1. The number of allylic oxidation sites excluding steroid dienone is 1. The smallest absolute Gasteiger partial charge is 0.271 e. The van der Waals surface area contributed by atoms with Gasteiger partial charge in [0.25, 0.3) is 5.91 Å². The fourth-order valence-electron chi connectivity index (χ4n) is 3.29. The van der Waals surface area contributed by atoms with Crippen molar-refractivity contribution in [1.29, 1.82) is 0 Å². The Morgan fingerprint density at radius 3 is 2.59 bits per heavy atom.